The van der Waals surface area contributed by atoms with Gasteiger partial charge in [0.15, 0.2) is 6.10 Å². The van der Waals surface area contributed by atoms with Crippen molar-refractivity contribution in [3.63, 3.8) is 0 Å². The van der Waals surface area contributed by atoms with Crippen LogP contribution in [0.4, 0.5) is 5.69 Å². The lowest BCUT2D eigenvalue weighted by atomic mass is 10.2. The highest BCUT2D eigenvalue weighted by Gasteiger charge is 2.23. The number of hydrogen-bond donors (Lipinski definition) is 1. The molecule has 29 heavy (non-hydrogen) atoms. The van der Waals surface area contributed by atoms with Crippen LogP contribution in [0.15, 0.2) is 47.1 Å². The van der Waals surface area contributed by atoms with Gasteiger partial charge in [-0.3, -0.25) is 4.79 Å². The van der Waals surface area contributed by atoms with Crippen LogP contribution >= 0.6 is 11.6 Å². The molecule has 1 atom stereocenters. The van der Waals surface area contributed by atoms with Crippen molar-refractivity contribution in [3.8, 4) is 0 Å². The largest absolute Gasteiger partial charge is 0.467 e. The van der Waals surface area contributed by atoms with E-state index in [1.54, 1.807) is 30.5 Å². The van der Waals surface area contributed by atoms with Crippen molar-refractivity contribution in [2.45, 2.75) is 40.3 Å². The zero-order valence-corrected chi connectivity index (χ0v) is 17.5. The van der Waals surface area contributed by atoms with E-state index in [1.807, 2.05) is 37.5 Å². The Morgan fingerprint density at radius 2 is 1.97 bits per heavy atom. The summed E-state index contributed by atoms with van der Waals surface area (Å²) in [6, 6.07) is 10.7. The molecule has 0 spiro atoms. The number of aryl methyl sites for hydroxylation is 1. The molecule has 152 valence electrons. The van der Waals surface area contributed by atoms with Gasteiger partial charge >= 0.3 is 5.97 Å². The number of amides is 1. The maximum atomic E-state index is 12.7. The zero-order chi connectivity index (χ0) is 21.1. The first-order valence-electron chi connectivity index (χ1n) is 9.24. The molecule has 1 aromatic carbocycles. The third-order valence-electron chi connectivity index (χ3n) is 4.87. The Kier molecular flexibility index (Phi) is 6.13. The molecule has 3 aromatic rings. The van der Waals surface area contributed by atoms with Gasteiger partial charge in [-0.15, -0.1) is 0 Å². The topological polar surface area (TPSA) is 73.5 Å². The Balaban J connectivity index is 1.69. The van der Waals surface area contributed by atoms with Gasteiger partial charge in [0.1, 0.15) is 5.76 Å². The van der Waals surface area contributed by atoms with E-state index >= 15 is 0 Å². The van der Waals surface area contributed by atoms with E-state index in [1.165, 1.54) is 6.92 Å². The Hall–Kier alpha value is -2.99. The minimum Gasteiger partial charge on any atom is -0.467 e. The summed E-state index contributed by atoms with van der Waals surface area (Å²) in [4.78, 5) is 25.1. The number of esters is 1. The molecule has 2 heterocycles. The number of benzene rings is 1. The standard InChI is InChI=1S/C22H23ClN2O4/c1-13-11-18(15(3)25(13)12-17-7-6-10-28-17)22(27)29-16(4)21(26)24-20-9-5-8-19(23)14(20)2/h5-11,16H,12H2,1-4H3,(H,24,26)/t16-/m0/s1. The molecular weight excluding hydrogens is 392 g/mol. The molecule has 0 unspecified atom stereocenters. The molecule has 0 bridgehead atoms. The van der Waals surface area contributed by atoms with E-state index in [9.17, 15) is 9.59 Å². The first kappa shape index (κ1) is 20.7. The number of rotatable bonds is 6. The van der Waals surface area contributed by atoms with E-state index in [2.05, 4.69) is 5.32 Å². The second-order valence-corrected chi connectivity index (χ2v) is 7.31. The fourth-order valence-electron chi connectivity index (χ4n) is 3.06. The van der Waals surface area contributed by atoms with Crippen LogP contribution in [0, 0.1) is 20.8 Å². The molecule has 0 aliphatic carbocycles. The van der Waals surface area contributed by atoms with E-state index in [4.69, 9.17) is 20.8 Å². The second-order valence-electron chi connectivity index (χ2n) is 6.90. The van der Waals surface area contributed by atoms with Gasteiger partial charge < -0.3 is 19.0 Å². The summed E-state index contributed by atoms with van der Waals surface area (Å²) in [7, 11) is 0. The van der Waals surface area contributed by atoms with Crippen LogP contribution in [0.1, 0.15) is 40.0 Å². The van der Waals surface area contributed by atoms with E-state index in [0.717, 1.165) is 22.7 Å². The monoisotopic (exact) mass is 414 g/mol. The van der Waals surface area contributed by atoms with Crippen molar-refractivity contribution in [2.24, 2.45) is 0 Å². The summed E-state index contributed by atoms with van der Waals surface area (Å²) in [5, 5.41) is 3.30. The summed E-state index contributed by atoms with van der Waals surface area (Å²) in [5.41, 5.74) is 3.41. The van der Waals surface area contributed by atoms with Gasteiger partial charge in [0.05, 0.1) is 18.4 Å². The first-order valence-corrected chi connectivity index (χ1v) is 9.61. The Bertz CT molecular complexity index is 1040. The fourth-order valence-corrected chi connectivity index (χ4v) is 3.24. The van der Waals surface area contributed by atoms with E-state index in [-0.39, 0.29) is 0 Å². The summed E-state index contributed by atoms with van der Waals surface area (Å²) in [5.74, 6) is -0.182. The molecule has 3 rings (SSSR count). The van der Waals surface area contributed by atoms with Gasteiger partial charge in [0.2, 0.25) is 0 Å². The molecule has 2 aromatic heterocycles. The van der Waals surface area contributed by atoms with Crippen LogP contribution in [-0.2, 0) is 16.1 Å². The van der Waals surface area contributed by atoms with Crippen LogP contribution in [-0.4, -0.2) is 22.5 Å². The predicted octanol–water partition coefficient (Wildman–Crippen LogP) is 4.89. The number of nitrogens with one attached hydrogen (secondary N) is 1. The zero-order valence-electron chi connectivity index (χ0n) is 16.8. The highest BCUT2D eigenvalue weighted by atomic mass is 35.5. The number of halogens is 1. The number of carbonyl (C=O) groups excluding carboxylic acids is 2. The van der Waals surface area contributed by atoms with Gasteiger partial charge in [-0.2, -0.15) is 0 Å². The summed E-state index contributed by atoms with van der Waals surface area (Å²) in [6.07, 6.45) is 0.648. The lowest BCUT2D eigenvalue weighted by Crippen LogP contribution is -2.30. The maximum Gasteiger partial charge on any atom is 0.340 e. The van der Waals surface area contributed by atoms with Crippen LogP contribution in [0.25, 0.3) is 0 Å². The third-order valence-corrected chi connectivity index (χ3v) is 5.28. The Morgan fingerprint density at radius 1 is 1.21 bits per heavy atom. The molecule has 0 fully saturated rings. The summed E-state index contributed by atoms with van der Waals surface area (Å²) in [6.45, 7) is 7.61. The van der Waals surface area contributed by atoms with Crippen LogP contribution in [0.2, 0.25) is 5.02 Å². The average Bonchev–Trinajstić information content (AvgIpc) is 3.29. The second kappa shape index (κ2) is 8.57. The lowest BCUT2D eigenvalue weighted by Gasteiger charge is -2.15. The van der Waals surface area contributed by atoms with Crippen molar-refractivity contribution in [3.05, 3.63) is 76.0 Å². The third kappa shape index (κ3) is 4.54. The summed E-state index contributed by atoms with van der Waals surface area (Å²) >= 11 is 6.08. The molecule has 6 nitrogen and oxygen atoms in total. The van der Waals surface area contributed by atoms with E-state index < -0.39 is 18.0 Å². The average molecular weight is 415 g/mol. The number of furan rings is 1. The van der Waals surface area contributed by atoms with Crippen molar-refractivity contribution in [1.82, 2.24) is 4.57 Å². The Morgan fingerprint density at radius 3 is 2.66 bits per heavy atom. The van der Waals surface area contributed by atoms with E-state index in [0.29, 0.717) is 22.8 Å². The number of aromatic nitrogens is 1. The lowest BCUT2D eigenvalue weighted by molar-refractivity contribution is -0.123. The number of anilines is 1. The molecule has 0 radical (unpaired) electrons. The number of hydrogen-bond acceptors (Lipinski definition) is 4. The summed E-state index contributed by atoms with van der Waals surface area (Å²) < 4.78 is 12.8. The smallest absolute Gasteiger partial charge is 0.340 e. The highest BCUT2D eigenvalue weighted by Crippen LogP contribution is 2.23. The number of nitrogens with zero attached hydrogens (tertiary/aromatic N) is 1. The van der Waals surface area contributed by atoms with Crippen LogP contribution in [0.3, 0.4) is 0 Å². The van der Waals surface area contributed by atoms with Crippen molar-refractivity contribution >= 4 is 29.2 Å². The molecule has 7 heteroatoms. The van der Waals surface area contributed by atoms with Gasteiger partial charge in [-0.25, -0.2) is 4.79 Å². The minimum atomic E-state index is -0.964. The predicted molar refractivity (Wildman–Crippen MR) is 111 cm³/mol. The SMILES string of the molecule is Cc1c(Cl)cccc1NC(=O)[C@H](C)OC(=O)c1cc(C)n(Cc2ccco2)c1C. The first-order chi connectivity index (χ1) is 13.8. The number of carbonyl (C=O) groups is 2. The molecule has 0 saturated carbocycles. The quantitative estimate of drug-likeness (QED) is 0.582. The number of ether oxygens (including phenoxy) is 1. The molecule has 1 amide bonds. The molecule has 0 aliphatic rings. The van der Waals surface area contributed by atoms with Crippen LogP contribution < -0.4 is 5.32 Å². The van der Waals surface area contributed by atoms with Gasteiger partial charge in [0.25, 0.3) is 5.91 Å². The Labute approximate surface area is 174 Å². The normalized spacial score (nSPS) is 11.9. The minimum absolute atomic E-state index is 0.423. The molecule has 0 aliphatic heterocycles. The molecular formula is C22H23ClN2O4. The van der Waals surface area contributed by atoms with Crippen molar-refractivity contribution < 1.29 is 18.7 Å². The molecule has 1 N–H and O–H groups in total. The van der Waals surface area contributed by atoms with Crippen molar-refractivity contribution in [1.29, 1.82) is 0 Å². The van der Waals surface area contributed by atoms with Gasteiger partial charge in [-0.1, -0.05) is 17.7 Å². The van der Waals surface area contributed by atoms with Crippen LogP contribution in [0.5, 0.6) is 0 Å². The maximum absolute atomic E-state index is 12.7. The highest BCUT2D eigenvalue weighted by molar-refractivity contribution is 6.31. The van der Waals surface area contributed by atoms with Gasteiger partial charge in [-0.05, 0) is 63.6 Å². The van der Waals surface area contributed by atoms with Crippen molar-refractivity contribution in [2.75, 3.05) is 5.32 Å². The fraction of sp³-hybridized carbons (Fsp3) is 0.273. The molecule has 0 saturated heterocycles. The van der Waals surface area contributed by atoms with Gasteiger partial charge in [0, 0.05) is 22.1 Å².